The number of halogens is 1. The maximum atomic E-state index is 12.8. The number of carbonyl (C=O) groups is 2. The van der Waals surface area contributed by atoms with E-state index in [0.717, 1.165) is 29.8 Å². The second-order valence-corrected chi connectivity index (χ2v) is 7.66. The van der Waals surface area contributed by atoms with E-state index in [0.29, 0.717) is 5.69 Å². The van der Waals surface area contributed by atoms with E-state index in [1.165, 1.54) is 0 Å². The molecule has 2 aromatic carbocycles. The van der Waals surface area contributed by atoms with Crippen molar-refractivity contribution >= 4 is 27.4 Å². The number of hydrogen-bond acceptors (Lipinski definition) is 5. The maximum Gasteiger partial charge on any atom is 0.307 e. The molecule has 8 heteroatoms. The van der Waals surface area contributed by atoms with Crippen molar-refractivity contribution in [3.63, 3.8) is 0 Å². The minimum Gasteiger partial charge on any atom is -0.456 e. The summed E-state index contributed by atoms with van der Waals surface area (Å²) in [5.41, 5.74) is 1.46. The normalized spacial score (nSPS) is 11.0. The monoisotopic (exact) mass is 379 g/mol. The van der Waals surface area contributed by atoms with Gasteiger partial charge in [-0.1, -0.05) is 18.2 Å². The summed E-state index contributed by atoms with van der Waals surface area (Å²) >= 11 is 0. The molecule has 6 nitrogen and oxygen atoms in total. The van der Waals surface area contributed by atoms with Crippen LogP contribution in [0.1, 0.15) is 12.0 Å². The number of rotatable bonds is 7. The van der Waals surface area contributed by atoms with E-state index >= 15 is 0 Å². The molecule has 2 rings (SSSR count). The van der Waals surface area contributed by atoms with Crippen molar-refractivity contribution in [2.24, 2.45) is 0 Å². The Kier molecular flexibility index (Phi) is 6.46. The Morgan fingerprint density at radius 1 is 1.08 bits per heavy atom. The molecule has 0 aliphatic rings. The number of nitrogens with one attached hydrogen (secondary N) is 1. The van der Waals surface area contributed by atoms with E-state index in [1.807, 2.05) is 19.1 Å². The molecule has 0 saturated heterocycles. The second kappa shape index (κ2) is 8.57. The fourth-order valence-corrected chi connectivity index (χ4v) is 3.32. The van der Waals surface area contributed by atoms with Crippen LogP contribution >= 0.6 is 0 Å². The van der Waals surface area contributed by atoms with Gasteiger partial charge in [-0.05, 0) is 42.8 Å². The van der Waals surface area contributed by atoms with Crippen LogP contribution in [0.5, 0.6) is 0 Å². The van der Waals surface area contributed by atoms with Gasteiger partial charge in [0.25, 0.3) is 5.91 Å². The van der Waals surface area contributed by atoms with Gasteiger partial charge in [-0.25, -0.2) is 12.8 Å². The summed E-state index contributed by atoms with van der Waals surface area (Å²) < 4.78 is 41.7. The highest BCUT2D eigenvalue weighted by molar-refractivity contribution is 7.91. The molecule has 0 aromatic heterocycles. The van der Waals surface area contributed by atoms with E-state index in [4.69, 9.17) is 4.74 Å². The van der Waals surface area contributed by atoms with Crippen LogP contribution in [0, 0.1) is 12.7 Å². The summed E-state index contributed by atoms with van der Waals surface area (Å²) in [6, 6.07) is 11.4. The summed E-state index contributed by atoms with van der Waals surface area (Å²) in [4.78, 5) is 23.4. The first-order valence-corrected chi connectivity index (χ1v) is 9.42. The number of hydrogen-bond donors (Lipinski definition) is 1. The zero-order chi connectivity index (χ0) is 19.2. The van der Waals surface area contributed by atoms with Crippen LogP contribution < -0.4 is 5.32 Å². The second-order valence-electron chi connectivity index (χ2n) is 5.55. The van der Waals surface area contributed by atoms with E-state index in [1.54, 1.807) is 12.1 Å². The van der Waals surface area contributed by atoms with Crippen LogP contribution in [0.3, 0.4) is 0 Å². The Labute approximate surface area is 150 Å². The van der Waals surface area contributed by atoms with Crippen molar-refractivity contribution < 1.29 is 27.1 Å². The number of esters is 1. The van der Waals surface area contributed by atoms with Gasteiger partial charge < -0.3 is 10.1 Å². The zero-order valence-corrected chi connectivity index (χ0v) is 14.9. The highest BCUT2D eigenvalue weighted by atomic mass is 32.2. The van der Waals surface area contributed by atoms with Gasteiger partial charge in [0.15, 0.2) is 16.4 Å². The summed E-state index contributed by atoms with van der Waals surface area (Å²) in [5.74, 6) is -2.37. The lowest BCUT2D eigenvalue weighted by molar-refractivity contribution is -0.146. The van der Waals surface area contributed by atoms with E-state index < -0.39 is 46.3 Å². The van der Waals surface area contributed by atoms with E-state index in [2.05, 4.69) is 5.32 Å². The molecule has 0 aliphatic carbocycles. The molecule has 0 saturated carbocycles. The highest BCUT2D eigenvalue weighted by Gasteiger charge is 2.18. The van der Waals surface area contributed by atoms with Crippen LogP contribution in [-0.2, 0) is 24.2 Å². The van der Waals surface area contributed by atoms with Crippen LogP contribution in [0.15, 0.2) is 53.4 Å². The van der Waals surface area contributed by atoms with Gasteiger partial charge in [-0.3, -0.25) is 9.59 Å². The minimum atomic E-state index is -3.73. The summed E-state index contributed by atoms with van der Waals surface area (Å²) in [7, 11) is -3.73. The minimum absolute atomic E-state index is 0.0796. The van der Waals surface area contributed by atoms with Gasteiger partial charge in [0, 0.05) is 5.69 Å². The van der Waals surface area contributed by atoms with Crippen LogP contribution in [0.4, 0.5) is 10.1 Å². The van der Waals surface area contributed by atoms with Gasteiger partial charge in [-0.15, -0.1) is 0 Å². The number of aryl methyl sites for hydroxylation is 1. The van der Waals surface area contributed by atoms with Gasteiger partial charge in [0.2, 0.25) is 0 Å². The van der Waals surface area contributed by atoms with Gasteiger partial charge in [0.1, 0.15) is 5.82 Å². The Morgan fingerprint density at radius 3 is 2.38 bits per heavy atom. The number of amides is 1. The average Bonchev–Trinajstić information content (AvgIpc) is 2.60. The fourth-order valence-electron chi connectivity index (χ4n) is 2.10. The predicted molar refractivity (Wildman–Crippen MR) is 93.8 cm³/mol. The highest BCUT2D eigenvalue weighted by Crippen LogP contribution is 2.14. The average molecular weight is 379 g/mol. The molecule has 0 fully saturated rings. The first kappa shape index (κ1) is 19.6. The third kappa shape index (κ3) is 5.66. The molecule has 1 amide bonds. The molecule has 0 aliphatic heterocycles. The quantitative estimate of drug-likeness (QED) is 0.590. The number of anilines is 1. The molecule has 0 bridgehead atoms. The van der Waals surface area contributed by atoms with Crippen LogP contribution in [0.2, 0.25) is 0 Å². The lowest BCUT2D eigenvalue weighted by Crippen LogP contribution is -2.22. The number of carbonyl (C=O) groups excluding carboxylic acids is 2. The van der Waals surface area contributed by atoms with E-state index in [-0.39, 0.29) is 4.90 Å². The van der Waals surface area contributed by atoms with Crippen molar-refractivity contribution in [3.05, 3.63) is 59.9 Å². The topological polar surface area (TPSA) is 89.5 Å². The molecule has 0 radical (unpaired) electrons. The Bertz CT molecular complexity index is 894. The number of para-hydroxylation sites is 1. The molecule has 0 heterocycles. The molecular weight excluding hydrogens is 361 g/mol. The number of sulfone groups is 1. The lowest BCUT2D eigenvalue weighted by Gasteiger charge is -2.09. The molecule has 26 heavy (non-hydrogen) atoms. The molecule has 2 aromatic rings. The van der Waals surface area contributed by atoms with Crippen molar-refractivity contribution in [3.8, 4) is 0 Å². The molecule has 138 valence electrons. The Balaban J connectivity index is 1.80. The summed E-state index contributed by atoms with van der Waals surface area (Å²) in [6.45, 7) is 1.31. The standard InChI is InChI=1S/C18H18FNO5S/c1-13-4-2-3-5-16(13)20-17(21)12-25-18(22)10-11-26(23,24)15-8-6-14(19)7-9-15/h2-9H,10-12H2,1H3,(H,20,21). The summed E-state index contributed by atoms with van der Waals surface area (Å²) in [5, 5.41) is 2.60. The third-order valence-corrected chi connectivity index (χ3v) is 5.26. The number of ether oxygens (including phenoxy) is 1. The Hall–Kier alpha value is -2.74. The Morgan fingerprint density at radius 2 is 1.73 bits per heavy atom. The first-order valence-electron chi connectivity index (χ1n) is 7.77. The molecule has 1 N–H and O–H groups in total. The van der Waals surface area contributed by atoms with Gasteiger partial charge >= 0.3 is 5.97 Å². The first-order chi connectivity index (χ1) is 12.3. The predicted octanol–water partition coefficient (Wildman–Crippen LogP) is 2.48. The SMILES string of the molecule is Cc1ccccc1NC(=O)COC(=O)CCS(=O)(=O)c1ccc(F)cc1. The lowest BCUT2D eigenvalue weighted by atomic mass is 10.2. The fraction of sp³-hybridized carbons (Fsp3) is 0.222. The van der Waals surface area contributed by atoms with Crippen molar-refractivity contribution in [1.29, 1.82) is 0 Å². The number of benzene rings is 2. The zero-order valence-electron chi connectivity index (χ0n) is 14.1. The van der Waals surface area contributed by atoms with Crippen LogP contribution in [-0.4, -0.2) is 32.7 Å². The maximum absolute atomic E-state index is 12.8. The molecule has 0 unspecified atom stereocenters. The van der Waals surface area contributed by atoms with Gasteiger partial charge in [-0.2, -0.15) is 0 Å². The molecule has 0 atom stereocenters. The third-order valence-electron chi connectivity index (χ3n) is 3.53. The van der Waals surface area contributed by atoms with Crippen molar-refractivity contribution in [1.82, 2.24) is 0 Å². The van der Waals surface area contributed by atoms with Crippen LogP contribution in [0.25, 0.3) is 0 Å². The molecule has 0 spiro atoms. The molecular formula is C18H18FNO5S. The van der Waals surface area contributed by atoms with Crippen molar-refractivity contribution in [2.75, 3.05) is 17.7 Å². The van der Waals surface area contributed by atoms with Crippen molar-refractivity contribution in [2.45, 2.75) is 18.2 Å². The van der Waals surface area contributed by atoms with E-state index in [9.17, 15) is 22.4 Å². The van der Waals surface area contributed by atoms with Gasteiger partial charge in [0.05, 0.1) is 17.1 Å². The smallest absolute Gasteiger partial charge is 0.307 e. The summed E-state index contributed by atoms with van der Waals surface area (Å²) in [6.07, 6.45) is -0.405. The largest absolute Gasteiger partial charge is 0.456 e.